The Bertz CT molecular complexity index is 1370. The minimum Gasteiger partial charge on any atom is -0.348 e. The fraction of sp³-hybridized carbons (Fsp3) is 0.333. The number of imidazole rings is 1. The van der Waals surface area contributed by atoms with E-state index < -0.39 is 39.7 Å². The first kappa shape index (κ1) is 24.6. The van der Waals surface area contributed by atoms with Crippen LogP contribution in [0.25, 0.3) is 17.2 Å². The molecule has 0 aliphatic carbocycles. The Hall–Kier alpha value is -3.57. The van der Waals surface area contributed by atoms with Crippen LogP contribution in [0, 0.1) is 11.3 Å². The Balaban J connectivity index is 1.68. The minimum atomic E-state index is -4.79. The summed E-state index contributed by atoms with van der Waals surface area (Å²) >= 11 is 0. The summed E-state index contributed by atoms with van der Waals surface area (Å²) in [5.41, 5.74) is -0.821. The summed E-state index contributed by atoms with van der Waals surface area (Å²) in [6.45, 7) is -0.333. The normalized spacial score (nSPS) is 19.3. The molecule has 184 valence electrons. The smallest absolute Gasteiger partial charge is 0.348 e. The van der Waals surface area contributed by atoms with E-state index in [4.69, 9.17) is 5.26 Å². The van der Waals surface area contributed by atoms with Crippen LogP contribution >= 0.6 is 0 Å². The predicted octanol–water partition coefficient (Wildman–Crippen LogP) is 3.00. The number of hydrogen-bond donors (Lipinski definition) is 1. The second kappa shape index (κ2) is 9.23. The topological polar surface area (TPSA) is 117 Å². The zero-order chi connectivity index (χ0) is 25.4. The maximum Gasteiger partial charge on any atom is 0.420 e. The average Bonchev–Trinajstić information content (AvgIpc) is 3.29. The highest BCUT2D eigenvalue weighted by Crippen LogP contribution is 2.36. The molecule has 14 heteroatoms. The first-order valence-corrected chi connectivity index (χ1v) is 12.2. The summed E-state index contributed by atoms with van der Waals surface area (Å²) in [5, 5.41) is 11.7. The highest BCUT2D eigenvalue weighted by molar-refractivity contribution is 7.88. The van der Waals surface area contributed by atoms with Gasteiger partial charge in [0.2, 0.25) is 16.0 Å². The third kappa shape index (κ3) is 5.25. The fourth-order valence-electron chi connectivity index (χ4n) is 3.72. The molecule has 0 unspecified atom stereocenters. The molecule has 1 fully saturated rings. The standard InChI is InChI=1S/C21H19F4N7O2S/c1-35(33,34)31-8-6-17(16(22)12-31)29-20-28-11-15(21(23,24)25)18(30-20)19-27-7-9-32(19)14-4-2-13(10-26)3-5-14/h2-5,7,9,11,16-17H,6,8,12H2,1H3,(H,28,29,30)/t16-,17+/m1/s1. The van der Waals surface area contributed by atoms with Crippen LogP contribution in [0.2, 0.25) is 0 Å². The summed E-state index contributed by atoms with van der Waals surface area (Å²) in [7, 11) is -3.57. The molecular formula is C21H19F4N7O2S. The van der Waals surface area contributed by atoms with Crippen LogP contribution < -0.4 is 5.32 Å². The van der Waals surface area contributed by atoms with E-state index in [1.165, 1.54) is 29.1 Å². The van der Waals surface area contributed by atoms with Crippen LogP contribution in [0.15, 0.2) is 42.9 Å². The third-order valence-electron chi connectivity index (χ3n) is 5.51. The molecule has 1 aliphatic rings. The Morgan fingerprint density at radius 2 is 1.91 bits per heavy atom. The number of rotatable bonds is 5. The highest BCUT2D eigenvalue weighted by atomic mass is 32.2. The second-order valence-electron chi connectivity index (χ2n) is 7.91. The van der Waals surface area contributed by atoms with E-state index in [0.717, 1.165) is 10.6 Å². The van der Waals surface area contributed by atoms with E-state index in [0.29, 0.717) is 17.4 Å². The number of aromatic nitrogens is 4. The van der Waals surface area contributed by atoms with Gasteiger partial charge in [-0.1, -0.05) is 0 Å². The molecule has 1 aliphatic heterocycles. The zero-order valence-electron chi connectivity index (χ0n) is 18.2. The van der Waals surface area contributed by atoms with Gasteiger partial charge in [0.1, 0.15) is 17.4 Å². The van der Waals surface area contributed by atoms with E-state index in [-0.39, 0.29) is 31.3 Å². The number of nitrogens with one attached hydrogen (secondary N) is 1. The molecule has 0 spiro atoms. The molecule has 0 amide bonds. The van der Waals surface area contributed by atoms with Gasteiger partial charge < -0.3 is 5.32 Å². The number of alkyl halides is 4. The van der Waals surface area contributed by atoms with Crippen LogP contribution in [0.5, 0.6) is 0 Å². The van der Waals surface area contributed by atoms with Gasteiger partial charge in [0.05, 0.1) is 23.9 Å². The molecule has 3 aromatic rings. The molecule has 1 aromatic carbocycles. The van der Waals surface area contributed by atoms with Crippen molar-refractivity contribution in [3.05, 3.63) is 54.0 Å². The lowest BCUT2D eigenvalue weighted by Crippen LogP contribution is -2.49. The van der Waals surface area contributed by atoms with Crippen LogP contribution in [0.3, 0.4) is 0 Å². The van der Waals surface area contributed by atoms with E-state index in [1.807, 2.05) is 6.07 Å². The molecule has 9 nitrogen and oxygen atoms in total. The number of sulfonamides is 1. The van der Waals surface area contributed by atoms with Gasteiger partial charge in [0, 0.05) is 37.4 Å². The second-order valence-corrected chi connectivity index (χ2v) is 9.89. The van der Waals surface area contributed by atoms with Crippen molar-refractivity contribution in [2.24, 2.45) is 0 Å². The van der Waals surface area contributed by atoms with Crippen LogP contribution in [-0.2, 0) is 16.2 Å². The largest absolute Gasteiger partial charge is 0.420 e. The maximum absolute atomic E-state index is 14.7. The number of halogens is 4. The molecule has 0 radical (unpaired) electrons. The van der Waals surface area contributed by atoms with E-state index >= 15 is 0 Å². The van der Waals surface area contributed by atoms with Gasteiger partial charge in [-0.05, 0) is 30.7 Å². The van der Waals surface area contributed by atoms with Crippen molar-refractivity contribution in [2.45, 2.75) is 24.8 Å². The quantitative estimate of drug-likeness (QED) is 0.526. The number of nitriles is 1. The predicted molar refractivity (Wildman–Crippen MR) is 118 cm³/mol. The van der Waals surface area contributed by atoms with Crippen LogP contribution in [-0.4, -0.2) is 63.8 Å². The Morgan fingerprint density at radius 1 is 1.20 bits per heavy atom. The molecule has 1 saturated heterocycles. The Morgan fingerprint density at radius 3 is 2.51 bits per heavy atom. The summed E-state index contributed by atoms with van der Waals surface area (Å²) in [6, 6.07) is 7.22. The van der Waals surface area contributed by atoms with Gasteiger partial charge >= 0.3 is 6.18 Å². The number of hydrogen-bond acceptors (Lipinski definition) is 7. The molecule has 3 heterocycles. The van der Waals surface area contributed by atoms with Crippen molar-refractivity contribution in [1.82, 2.24) is 23.8 Å². The van der Waals surface area contributed by atoms with Gasteiger partial charge in [-0.3, -0.25) is 4.57 Å². The summed E-state index contributed by atoms with van der Waals surface area (Å²) in [5.74, 6) is -0.376. The van der Waals surface area contributed by atoms with E-state index in [9.17, 15) is 26.0 Å². The van der Waals surface area contributed by atoms with Crippen molar-refractivity contribution in [3.63, 3.8) is 0 Å². The molecule has 1 N–H and O–H groups in total. The molecular weight excluding hydrogens is 490 g/mol. The monoisotopic (exact) mass is 509 g/mol. The average molecular weight is 509 g/mol. The van der Waals surface area contributed by atoms with Crippen molar-refractivity contribution in [3.8, 4) is 23.3 Å². The molecule has 2 atom stereocenters. The number of anilines is 1. The SMILES string of the molecule is CS(=O)(=O)N1CC[C@H](Nc2ncc(C(F)(F)F)c(-c3nccn3-c3ccc(C#N)cc3)n2)[C@H](F)C1. The van der Waals surface area contributed by atoms with E-state index in [2.05, 4.69) is 20.3 Å². The highest BCUT2D eigenvalue weighted by Gasteiger charge is 2.38. The summed E-state index contributed by atoms with van der Waals surface area (Å²) in [6.07, 6.45) is -2.00. The Kier molecular flexibility index (Phi) is 6.48. The maximum atomic E-state index is 14.7. The lowest BCUT2D eigenvalue weighted by Gasteiger charge is -2.33. The Labute approximate surface area is 198 Å². The first-order chi connectivity index (χ1) is 16.5. The van der Waals surface area contributed by atoms with Gasteiger partial charge in [-0.2, -0.15) is 22.7 Å². The molecule has 0 saturated carbocycles. The lowest BCUT2D eigenvalue weighted by molar-refractivity contribution is -0.137. The number of nitrogens with zero attached hydrogens (tertiary/aromatic N) is 6. The van der Waals surface area contributed by atoms with Crippen molar-refractivity contribution in [2.75, 3.05) is 24.7 Å². The summed E-state index contributed by atoms with van der Waals surface area (Å²) in [4.78, 5) is 11.8. The third-order valence-corrected chi connectivity index (χ3v) is 6.78. The first-order valence-electron chi connectivity index (χ1n) is 10.3. The summed E-state index contributed by atoms with van der Waals surface area (Å²) < 4.78 is 81.7. The van der Waals surface area contributed by atoms with Gasteiger partial charge in [0.15, 0.2) is 5.82 Å². The lowest BCUT2D eigenvalue weighted by atomic mass is 10.1. The minimum absolute atomic E-state index is 0.0491. The number of piperidine rings is 1. The van der Waals surface area contributed by atoms with Crippen LogP contribution in [0.4, 0.5) is 23.5 Å². The van der Waals surface area contributed by atoms with Crippen molar-refractivity contribution >= 4 is 16.0 Å². The molecule has 4 rings (SSSR count). The van der Waals surface area contributed by atoms with Gasteiger partial charge in [-0.25, -0.2) is 27.8 Å². The molecule has 0 bridgehead atoms. The number of benzene rings is 1. The van der Waals surface area contributed by atoms with Crippen molar-refractivity contribution in [1.29, 1.82) is 5.26 Å². The zero-order valence-corrected chi connectivity index (χ0v) is 19.1. The van der Waals surface area contributed by atoms with Gasteiger partial charge in [-0.15, -0.1) is 0 Å². The fourth-order valence-corrected chi connectivity index (χ4v) is 4.57. The van der Waals surface area contributed by atoms with Crippen LogP contribution in [0.1, 0.15) is 17.5 Å². The van der Waals surface area contributed by atoms with Gasteiger partial charge in [0.25, 0.3) is 0 Å². The molecule has 2 aromatic heterocycles. The molecule has 35 heavy (non-hydrogen) atoms. The van der Waals surface area contributed by atoms with Crippen molar-refractivity contribution < 1.29 is 26.0 Å². The van der Waals surface area contributed by atoms with E-state index in [1.54, 1.807) is 12.1 Å².